The molecule has 5 N–H and O–H groups in total. The quantitative estimate of drug-likeness (QED) is 0.111. The summed E-state index contributed by atoms with van der Waals surface area (Å²) >= 11 is 0. The fraction of sp³-hybridized carbons (Fsp3) is 0.432. The summed E-state index contributed by atoms with van der Waals surface area (Å²) in [6, 6.07) is 19.5. The number of hydrogen-bond donors (Lipinski definition) is 5. The van der Waals surface area contributed by atoms with E-state index in [2.05, 4.69) is 26.6 Å². The van der Waals surface area contributed by atoms with Crippen molar-refractivity contribution in [3.8, 4) is 0 Å². The van der Waals surface area contributed by atoms with Crippen LogP contribution in [-0.2, 0) is 27.3 Å². The smallest absolute Gasteiger partial charge is 0.252 e. The Balaban J connectivity index is 1.69. The van der Waals surface area contributed by atoms with Crippen molar-refractivity contribution < 1.29 is 23.9 Å². The summed E-state index contributed by atoms with van der Waals surface area (Å²) in [7, 11) is 0. The molecule has 0 radical (unpaired) electrons. The van der Waals surface area contributed by atoms with Crippen molar-refractivity contribution in [3.63, 3.8) is 0 Å². The Kier molecular flexibility index (Phi) is 14.6. The number of nitrogens with zero attached hydrogens (tertiary/aromatic N) is 1. The molecule has 4 atom stereocenters. The second kappa shape index (κ2) is 18.5. The summed E-state index contributed by atoms with van der Waals surface area (Å²) in [6.45, 7) is 10.3. The van der Waals surface area contributed by atoms with E-state index in [1.54, 1.807) is 6.92 Å². The number of pyridine rings is 1. The van der Waals surface area contributed by atoms with Crippen LogP contribution in [-0.4, -0.2) is 54.3 Å². The molecule has 11 nitrogen and oxygen atoms in total. The van der Waals surface area contributed by atoms with Gasteiger partial charge in [0, 0.05) is 31.3 Å². The molecule has 1 aromatic heterocycles. The highest BCUT2D eigenvalue weighted by Gasteiger charge is 2.31. The summed E-state index contributed by atoms with van der Waals surface area (Å²) in [6.07, 6.45) is 4.29. The Morgan fingerprint density at radius 3 is 1.94 bits per heavy atom. The average molecular weight is 659 g/mol. The van der Waals surface area contributed by atoms with Crippen molar-refractivity contribution in [2.24, 2.45) is 5.41 Å². The molecule has 1 heterocycles. The fourth-order valence-electron chi connectivity index (χ4n) is 5.18. The zero-order chi connectivity index (χ0) is 35.1. The first kappa shape index (κ1) is 37.7. The maximum Gasteiger partial charge on any atom is 0.252 e. The number of hydrogen-bond acceptors (Lipinski definition) is 6. The first-order valence-corrected chi connectivity index (χ1v) is 16.5. The van der Waals surface area contributed by atoms with Gasteiger partial charge in [0.1, 0.15) is 12.1 Å². The van der Waals surface area contributed by atoms with Crippen molar-refractivity contribution in [3.05, 3.63) is 107 Å². The fourth-order valence-corrected chi connectivity index (χ4v) is 5.18. The van der Waals surface area contributed by atoms with Gasteiger partial charge in [0.25, 0.3) is 5.91 Å². The Labute approximate surface area is 283 Å². The van der Waals surface area contributed by atoms with E-state index in [9.17, 15) is 24.4 Å². The monoisotopic (exact) mass is 658 g/mol. The van der Waals surface area contributed by atoms with Gasteiger partial charge in [0.05, 0.1) is 11.6 Å². The molecule has 4 amide bonds. The van der Waals surface area contributed by atoms with Gasteiger partial charge in [-0.15, -0.1) is 0 Å². The largest absolute Gasteiger partial charge is 0.619 e. The molecule has 0 spiro atoms. The van der Waals surface area contributed by atoms with Crippen LogP contribution in [0.5, 0.6) is 0 Å². The Bertz CT molecular complexity index is 1460. The first-order valence-electron chi connectivity index (χ1n) is 16.5. The van der Waals surface area contributed by atoms with Gasteiger partial charge in [-0.2, -0.15) is 4.73 Å². The number of carbonyl (C=O) groups excluding carboxylic acids is 4. The lowest BCUT2D eigenvalue weighted by molar-refractivity contribution is -0.605. The summed E-state index contributed by atoms with van der Waals surface area (Å²) < 4.78 is 0.576. The lowest BCUT2D eigenvalue weighted by Gasteiger charge is -2.29. The van der Waals surface area contributed by atoms with Crippen LogP contribution in [0.1, 0.15) is 75.4 Å². The van der Waals surface area contributed by atoms with Crippen molar-refractivity contribution in [2.45, 2.75) is 91.0 Å². The van der Waals surface area contributed by atoms with Gasteiger partial charge in [-0.1, -0.05) is 94.8 Å². The molecule has 0 unspecified atom stereocenters. The normalized spacial score (nSPS) is 13.8. The molecule has 0 bridgehead atoms. The maximum absolute atomic E-state index is 13.7. The number of nitrogens with one attached hydrogen (secondary N) is 5. The van der Waals surface area contributed by atoms with E-state index < -0.39 is 29.9 Å². The standard InChI is InChI=1S/C37H50N6O5/c1-6-13-31(41-36(47)32(23-37(3,4)5)42-34(45)29-18-20-43(48)21-19-29)35(46)40-30(22-27-14-9-7-10-15-27)25-38-26(2)33(44)39-24-28-16-11-8-12-17-28/h7-12,14-21,26,30-32,38H,6,13,22-25H2,1-5H3,(H,39,44)(H,40,46)(H,41,47)(H,42,45)/t26-,30-,31-,32-/m0/s1. The van der Waals surface area contributed by atoms with Crippen molar-refractivity contribution >= 4 is 23.6 Å². The van der Waals surface area contributed by atoms with Crippen LogP contribution in [0.2, 0.25) is 0 Å². The van der Waals surface area contributed by atoms with Gasteiger partial charge in [-0.05, 0) is 42.7 Å². The number of rotatable bonds is 17. The number of benzene rings is 2. The molecule has 0 aliphatic rings. The molecule has 11 heteroatoms. The molecule has 48 heavy (non-hydrogen) atoms. The third kappa shape index (κ3) is 13.2. The van der Waals surface area contributed by atoms with E-state index in [4.69, 9.17) is 0 Å². The molecule has 0 saturated carbocycles. The van der Waals surface area contributed by atoms with Crippen LogP contribution in [0.15, 0.2) is 85.2 Å². The van der Waals surface area contributed by atoms with Crippen LogP contribution in [0.25, 0.3) is 0 Å². The second-order valence-corrected chi connectivity index (χ2v) is 13.3. The number of carbonyl (C=O) groups is 4. The predicted octanol–water partition coefficient (Wildman–Crippen LogP) is 3.16. The first-order chi connectivity index (χ1) is 22.8. The lowest BCUT2D eigenvalue weighted by atomic mass is 9.87. The summed E-state index contributed by atoms with van der Waals surface area (Å²) in [5.41, 5.74) is 1.94. The van der Waals surface area contributed by atoms with Crippen molar-refractivity contribution in [1.82, 2.24) is 26.6 Å². The topological polar surface area (TPSA) is 155 Å². The van der Waals surface area contributed by atoms with Gasteiger partial charge in [0.15, 0.2) is 12.4 Å². The highest BCUT2D eigenvalue weighted by Crippen LogP contribution is 2.21. The van der Waals surface area contributed by atoms with E-state index in [1.165, 1.54) is 24.5 Å². The Hall–Kier alpha value is -4.77. The summed E-state index contributed by atoms with van der Waals surface area (Å²) in [5.74, 6) is -1.47. The minimum atomic E-state index is -0.915. The van der Waals surface area contributed by atoms with Gasteiger partial charge in [0.2, 0.25) is 17.7 Å². The van der Waals surface area contributed by atoms with E-state index in [0.29, 0.717) is 43.5 Å². The van der Waals surface area contributed by atoms with Crippen LogP contribution in [0.4, 0.5) is 0 Å². The zero-order valence-corrected chi connectivity index (χ0v) is 28.6. The third-order valence-electron chi connectivity index (χ3n) is 7.76. The van der Waals surface area contributed by atoms with Crippen LogP contribution < -0.4 is 31.3 Å². The minimum Gasteiger partial charge on any atom is -0.619 e. The van der Waals surface area contributed by atoms with Crippen molar-refractivity contribution in [2.75, 3.05) is 6.54 Å². The van der Waals surface area contributed by atoms with Crippen molar-refractivity contribution in [1.29, 1.82) is 0 Å². The molecule has 0 fully saturated rings. The Morgan fingerprint density at radius 2 is 1.35 bits per heavy atom. The molecule has 258 valence electrons. The lowest BCUT2D eigenvalue weighted by Crippen LogP contribution is -2.57. The molecular weight excluding hydrogens is 608 g/mol. The maximum atomic E-state index is 13.7. The average Bonchev–Trinajstić information content (AvgIpc) is 3.06. The highest BCUT2D eigenvalue weighted by atomic mass is 16.5. The molecule has 2 aromatic carbocycles. The second-order valence-electron chi connectivity index (χ2n) is 13.3. The molecule has 0 aliphatic carbocycles. The van der Waals surface area contributed by atoms with Gasteiger partial charge < -0.3 is 31.8 Å². The number of aromatic nitrogens is 1. The van der Waals surface area contributed by atoms with E-state index in [-0.39, 0.29) is 28.8 Å². The molecule has 0 aliphatic heterocycles. The van der Waals surface area contributed by atoms with Crippen LogP contribution >= 0.6 is 0 Å². The minimum absolute atomic E-state index is 0.158. The zero-order valence-electron chi connectivity index (χ0n) is 28.6. The van der Waals surface area contributed by atoms with Crippen LogP contribution in [0, 0.1) is 10.6 Å². The van der Waals surface area contributed by atoms with E-state index in [1.807, 2.05) is 88.4 Å². The van der Waals surface area contributed by atoms with Crippen LogP contribution in [0.3, 0.4) is 0 Å². The summed E-state index contributed by atoms with van der Waals surface area (Å²) in [4.78, 5) is 53.2. The molecule has 0 saturated heterocycles. The molecular formula is C37H50N6O5. The van der Waals surface area contributed by atoms with Gasteiger partial charge in [-0.25, -0.2) is 0 Å². The summed E-state index contributed by atoms with van der Waals surface area (Å²) in [5, 5.41) is 26.4. The number of amides is 4. The van der Waals surface area contributed by atoms with E-state index in [0.717, 1.165) is 11.1 Å². The van der Waals surface area contributed by atoms with E-state index >= 15 is 0 Å². The molecule has 3 rings (SSSR count). The van der Waals surface area contributed by atoms with Gasteiger partial charge >= 0.3 is 0 Å². The predicted molar refractivity (Wildman–Crippen MR) is 185 cm³/mol. The Morgan fingerprint density at radius 1 is 0.771 bits per heavy atom. The SMILES string of the molecule is CCC[C@H](NC(=O)[C@H](CC(C)(C)C)NC(=O)c1cc[n+]([O-])cc1)C(=O)N[C@H](CN[C@@H](C)C(=O)NCc1ccccc1)Cc1ccccc1. The van der Waals surface area contributed by atoms with Gasteiger partial charge in [-0.3, -0.25) is 19.2 Å². The molecule has 3 aromatic rings. The third-order valence-corrected chi connectivity index (χ3v) is 7.76. The highest BCUT2D eigenvalue weighted by molar-refractivity contribution is 5.98.